The van der Waals surface area contributed by atoms with Crippen molar-refractivity contribution in [3.05, 3.63) is 35.5 Å². The molecule has 1 N–H and O–H groups in total. The molecule has 0 saturated carbocycles. The molecule has 3 saturated heterocycles. The maximum atomic E-state index is 11.4. The van der Waals surface area contributed by atoms with Crippen LogP contribution >= 0.6 is 0 Å². The number of aromatic nitrogens is 1. The maximum absolute atomic E-state index is 11.4. The minimum Gasteiger partial charge on any atom is -0.545 e. The number of carbonyl (C=O) groups excluding carboxylic acids is 1. The third-order valence-corrected chi connectivity index (χ3v) is 5.77. The number of aromatic carboxylic acids is 1. The van der Waals surface area contributed by atoms with Crippen LogP contribution in [0.2, 0.25) is 0 Å². The van der Waals surface area contributed by atoms with Gasteiger partial charge in [-0.2, -0.15) is 0 Å². The molecule has 6 heteroatoms. The fourth-order valence-electron chi connectivity index (χ4n) is 4.49. The van der Waals surface area contributed by atoms with E-state index in [4.69, 9.17) is 0 Å². The molecule has 1 atom stereocenters. The zero-order valence-corrected chi connectivity index (χ0v) is 15.1. The molecule has 2 aromatic rings. The molecular formula is C19H24LiN3O2. The number of nitrogens with zero attached hydrogens (tertiary/aromatic N) is 2. The van der Waals surface area contributed by atoms with Crippen LogP contribution in [0, 0.1) is 5.92 Å². The second-order valence-corrected chi connectivity index (χ2v) is 7.20. The van der Waals surface area contributed by atoms with Gasteiger partial charge in [0, 0.05) is 42.3 Å². The summed E-state index contributed by atoms with van der Waals surface area (Å²) in [5.74, 6) is -0.292. The monoisotopic (exact) mass is 333 g/mol. The Balaban J connectivity index is 0.00000182. The predicted octanol–water partition coefficient (Wildman–Crippen LogP) is -2.23. The van der Waals surface area contributed by atoms with Gasteiger partial charge in [-0.05, 0) is 56.4 Å². The SMILES string of the molecule is Cn1cc(CCN[C@@H]2CN3CCC2CC3)c2c(C(=O)[O-])cccc21.[Li+]. The van der Waals surface area contributed by atoms with Crippen LogP contribution in [-0.2, 0) is 13.5 Å². The van der Waals surface area contributed by atoms with Crippen molar-refractivity contribution in [2.24, 2.45) is 13.0 Å². The quantitative estimate of drug-likeness (QED) is 0.630. The van der Waals surface area contributed by atoms with Crippen LogP contribution in [0.4, 0.5) is 0 Å². The second-order valence-electron chi connectivity index (χ2n) is 7.20. The molecule has 4 heterocycles. The summed E-state index contributed by atoms with van der Waals surface area (Å²) in [7, 11) is 1.96. The third kappa shape index (κ3) is 3.52. The number of carboxylic acids is 1. The van der Waals surface area contributed by atoms with Gasteiger partial charge in [0.2, 0.25) is 0 Å². The molecule has 2 bridgehead atoms. The van der Waals surface area contributed by atoms with Crippen molar-refractivity contribution >= 4 is 16.9 Å². The van der Waals surface area contributed by atoms with Crippen molar-refractivity contribution in [1.82, 2.24) is 14.8 Å². The van der Waals surface area contributed by atoms with Crippen LogP contribution in [0.25, 0.3) is 10.9 Å². The van der Waals surface area contributed by atoms with E-state index >= 15 is 0 Å². The zero-order chi connectivity index (χ0) is 16.7. The molecule has 0 unspecified atom stereocenters. The van der Waals surface area contributed by atoms with Gasteiger partial charge in [0.15, 0.2) is 0 Å². The summed E-state index contributed by atoms with van der Waals surface area (Å²) in [4.78, 5) is 14.0. The summed E-state index contributed by atoms with van der Waals surface area (Å²) in [6, 6.07) is 5.97. The molecule has 0 amide bonds. The Morgan fingerprint density at radius 1 is 1.32 bits per heavy atom. The third-order valence-electron chi connectivity index (χ3n) is 5.77. The van der Waals surface area contributed by atoms with Gasteiger partial charge in [-0.1, -0.05) is 12.1 Å². The van der Waals surface area contributed by atoms with Gasteiger partial charge in [-0.3, -0.25) is 0 Å². The van der Waals surface area contributed by atoms with Gasteiger partial charge in [0.05, 0.1) is 5.97 Å². The number of carboxylic acid groups (broad SMARTS) is 1. The Hall–Kier alpha value is -1.25. The number of rotatable bonds is 5. The first-order valence-corrected chi connectivity index (χ1v) is 8.87. The van der Waals surface area contributed by atoms with Crippen LogP contribution in [0.15, 0.2) is 24.4 Å². The number of hydrogen-bond acceptors (Lipinski definition) is 4. The van der Waals surface area contributed by atoms with Crippen molar-refractivity contribution in [3.8, 4) is 0 Å². The first kappa shape index (κ1) is 18.5. The first-order chi connectivity index (χ1) is 11.6. The van der Waals surface area contributed by atoms with Crippen molar-refractivity contribution in [2.45, 2.75) is 25.3 Å². The average Bonchev–Trinajstić information content (AvgIpc) is 2.92. The summed E-state index contributed by atoms with van der Waals surface area (Å²) in [6.45, 7) is 4.54. The van der Waals surface area contributed by atoms with Crippen LogP contribution in [0.1, 0.15) is 28.8 Å². The Morgan fingerprint density at radius 3 is 2.72 bits per heavy atom. The fourth-order valence-corrected chi connectivity index (χ4v) is 4.49. The van der Waals surface area contributed by atoms with Gasteiger partial charge in [-0.25, -0.2) is 0 Å². The van der Waals surface area contributed by atoms with Crippen LogP contribution in [0.3, 0.4) is 0 Å². The first-order valence-electron chi connectivity index (χ1n) is 8.87. The predicted molar refractivity (Wildman–Crippen MR) is 91.9 cm³/mol. The molecule has 3 aliphatic heterocycles. The summed E-state index contributed by atoms with van der Waals surface area (Å²) >= 11 is 0. The second kappa shape index (κ2) is 7.55. The van der Waals surface area contributed by atoms with Gasteiger partial charge in [0.1, 0.15) is 0 Å². The van der Waals surface area contributed by atoms with Crippen molar-refractivity contribution < 1.29 is 28.8 Å². The Bertz CT molecular complexity index is 765. The van der Waals surface area contributed by atoms with E-state index in [9.17, 15) is 9.90 Å². The Morgan fingerprint density at radius 2 is 2.08 bits per heavy atom. The Labute approximate surface area is 160 Å². The molecule has 5 nitrogen and oxygen atoms in total. The number of aryl methyl sites for hydroxylation is 1. The normalized spacial score (nSPS) is 25.1. The molecule has 1 aromatic heterocycles. The van der Waals surface area contributed by atoms with Crippen LogP contribution < -0.4 is 29.3 Å². The zero-order valence-electron chi connectivity index (χ0n) is 15.1. The number of piperidine rings is 3. The van der Waals surface area contributed by atoms with Gasteiger partial charge >= 0.3 is 18.9 Å². The van der Waals surface area contributed by atoms with E-state index in [-0.39, 0.29) is 18.9 Å². The number of carbonyl (C=O) groups is 1. The van der Waals surface area contributed by atoms with E-state index in [2.05, 4.69) is 16.4 Å². The minimum absolute atomic E-state index is 0. The minimum atomic E-state index is -1.10. The number of hydrogen-bond donors (Lipinski definition) is 1. The van der Waals surface area contributed by atoms with E-state index in [0.29, 0.717) is 11.6 Å². The average molecular weight is 333 g/mol. The molecule has 25 heavy (non-hydrogen) atoms. The van der Waals surface area contributed by atoms with Crippen LogP contribution in [-0.4, -0.2) is 47.7 Å². The number of nitrogens with one attached hydrogen (secondary N) is 1. The van der Waals surface area contributed by atoms with Crippen molar-refractivity contribution in [2.75, 3.05) is 26.2 Å². The number of fused-ring (bicyclic) bond motifs is 4. The molecule has 3 aliphatic rings. The topological polar surface area (TPSA) is 60.3 Å². The molecule has 0 radical (unpaired) electrons. The van der Waals surface area contributed by atoms with E-state index in [1.807, 2.05) is 17.7 Å². The standard InChI is InChI=1S/C19H25N3O2.Li/c1-21-11-14(18-15(19(23)24)3-2-4-17(18)21)5-8-20-16-12-22-9-6-13(16)7-10-22;/h2-4,11,13,16,20H,5-10,12H2,1H3,(H,23,24);/q;+1/p-1/t16-;/m1./s1. The molecule has 0 aliphatic carbocycles. The molecule has 3 fully saturated rings. The summed E-state index contributed by atoms with van der Waals surface area (Å²) in [5.41, 5.74) is 2.33. The molecule has 1 aromatic carbocycles. The van der Waals surface area contributed by atoms with E-state index in [0.717, 1.165) is 41.9 Å². The largest absolute Gasteiger partial charge is 1.00 e. The van der Waals surface area contributed by atoms with Crippen molar-refractivity contribution in [3.63, 3.8) is 0 Å². The molecule has 128 valence electrons. The molecular weight excluding hydrogens is 309 g/mol. The summed E-state index contributed by atoms with van der Waals surface area (Å²) < 4.78 is 2.01. The van der Waals surface area contributed by atoms with Gasteiger partial charge < -0.3 is 24.7 Å². The van der Waals surface area contributed by atoms with Crippen LogP contribution in [0.5, 0.6) is 0 Å². The van der Waals surface area contributed by atoms with Crippen molar-refractivity contribution in [1.29, 1.82) is 0 Å². The van der Waals surface area contributed by atoms with E-state index in [1.54, 1.807) is 12.1 Å². The van der Waals surface area contributed by atoms with E-state index in [1.165, 1.54) is 25.9 Å². The summed E-state index contributed by atoms with van der Waals surface area (Å²) in [5, 5.41) is 16.0. The van der Waals surface area contributed by atoms with E-state index < -0.39 is 5.97 Å². The molecule has 5 rings (SSSR count). The molecule has 0 spiro atoms. The fraction of sp³-hybridized carbons (Fsp3) is 0.526. The number of benzene rings is 1. The van der Waals surface area contributed by atoms with Gasteiger partial charge in [0.25, 0.3) is 0 Å². The van der Waals surface area contributed by atoms with Gasteiger partial charge in [-0.15, -0.1) is 0 Å². The summed E-state index contributed by atoms with van der Waals surface area (Å²) in [6.07, 6.45) is 5.50. The maximum Gasteiger partial charge on any atom is 1.00 e. The smallest absolute Gasteiger partial charge is 0.545 e. The Kier molecular flexibility index (Phi) is 5.60.